The Balaban J connectivity index is 0.831. The first kappa shape index (κ1) is 69.6. The lowest BCUT2D eigenvalue weighted by Gasteiger charge is -2.61. The van der Waals surface area contributed by atoms with E-state index in [2.05, 4.69) is 299 Å². The maximum absolute atomic E-state index is 7.49. The molecule has 0 aromatic heterocycles. The summed E-state index contributed by atoms with van der Waals surface area (Å²) in [4.78, 5) is 0. The van der Waals surface area contributed by atoms with Gasteiger partial charge in [-0.15, -0.1) is 12.8 Å². The monoisotopic (exact) mass is 1370 g/mol. The van der Waals surface area contributed by atoms with Crippen LogP contribution in [0.3, 0.4) is 0 Å². The van der Waals surface area contributed by atoms with Gasteiger partial charge in [0.25, 0.3) is 0 Å². The molecule has 0 radical (unpaired) electrons. The zero-order valence-electron chi connectivity index (χ0n) is 61.1. The van der Waals surface area contributed by atoms with Crippen molar-refractivity contribution in [1.29, 1.82) is 0 Å². The minimum absolute atomic E-state index is 0.231. The van der Waals surface area contributed by atoms with Gasteiger partial charge in [0, 0.05) is 35.5 Å². The Kier molecular flexibility index (Phi) is 20.7. The van der Waals surface area contributed by atoms with E-state index in [1.54, 1.807) is 0 Å². The molecule has 0 spiro atoms. The second-order valence-corrected chi connectivity index (χ2v) is 29.9. The molecule has 106 heavy (non-hydrogen) atoms. The quantitative estimate of drug-likeness (QED) is 0.0385. The third-order valence-electron chi connectivity index (χ3n) is 22.4. The first-order valence-electron chi connectivity index (χ1n) is 37.9. The standard InChI is InChI=1S/C102H84O4/c1-7-11-15-18-21-27-55-103-84-47-51-88-92(62-84)98(76-43-45-83(46-44-76)102-68-72-58-73(69-102)67-101(6,66-72)70-102)89-54-50-87(65-95(89)97(88)75-35-33-71(5)34-36-75)106-96(32-24-14-10-4)80-40-38-79-61-82(42-39-78(79)59-80)100-91-53-49-85(104-56-28-22-19-16-12-8-2)63-93(91)99(81-41-37-74-30-25-26-31-77(74)60-81)90-52-48-86(64-94(90)100)105-57-29-23-20-17-13-9-3/h1-2,25-26,30-31,33-54,59-65,72-73,96H,9-10,13-14,17,20,23-24,29,32,57-58,66-70H2,3-6H3. The van der Waals surface area contributed by atoms with Crippen molar-refractivity contribution >= 4 is 64.6 Å². The largest absolute Gasteiger partial charge is 0.494 e. The number of hydrogen-bond acceptors (Lipinski definition) is 4. The molecule has 516 valence electrons. The molecular weight excluding hydrogens is 1290 g/mol. The lowest BCUT2D eigenvalue weighted by molar-refractivity contribution is -0.0615. The number of benzene rings is 12. The molecule has 4 aliphatic carbocycles. The highest BCUT2D eigenvalue weighted by Crippen LogP contribution is 2.66. The van der Waals surface area contributed by atoms with Gasteiger partial charge in [-0.1, -0.05) is 193 Å². The highest BCUT2D eigenvalue weighted by molar-refractivity contribution is 6.24. The summed E-state index contributed by atoms with van der Waals surface area (Å²) in [6.45, 7) is 9.90. The fourth-order valence-electron chi connectivity index (χ4n) is 18.2. The van der Waals surface area contributed by atoms with Crippen LogP contribution in [-0.2, 0) is 5.41 Å². The van der Waals surface area contributed by atoms with Crippen molar-refractivity contribution < 1.29 is 18.9 Å². The number of fused-ring (bicyclic) bond motifs is 6. The molecule has 3 unspecified atom stereocenters. The average molecular weight is 1370 g/mol. The Bertz CT molecular complexity index is 5900. The zero-order chi connectivity index (χ0) is 72.4. The number of unbranched alkanes of at least 4 members (excludes halogenated alkanes) is 7. The molecule has 4 heteroatoms. The normalized spacial score (nSPS) is 16.8. The summed E-state index contributed by atoms with van der Waals surface area (Å²) in [5.74, 6) is 35.8. The number of aryl methyl sites for hydroxylation is 1. The molecule has 3 atom stereocenters. The van der Waals surface area contributed by atoms with Crippen LogP contribution in [0.5, 0.6) is 23.0 Å². The molecular formula is C102H84O4. The Hall–Kier alpha value is -12.1. The Morgan fingerprint density at radius 1 is 0.406 bits per heavy atom. The van der Waals surface area contributed by atoms with Crippen LogP contribution in [0.25, 0.3) is 109 Å². The summed E-state index contributed by atoms with van der Waals surface area (Å²) >= 11 is 0. The van der Waals surface area contributed by atoms with E-state index in [0.29, 0.717) is 23.5 Å². The van der Waals surface area contributed by atoms with Crippen molar-refractivity contribution in [3.63, 3.8) is 0 Å². The maximum Gasteiger partial charge on any atom is 0.140 e. The van der Waals surface area contributed by atoms with E-state index in [1.165, 1.54) is 80.7 Å². The summed E-state index contributed by atoms with van der Waals surface area (Å²) in [5, 5.41) is 13.3. The van der Waals surface area contributed by atoms with Gasteiger partial charge in [0.15, 0.2) is 0 Å². The summed E-state index contributed by atoms with van der Waals surface area (Å²) < 4.78 is 26.5. The smallest absolute Gasteiger partial charge is 0.140 e. The highest BCUT2D eigenvalue weighted by atomic mass is 16.5. The number of rotatable bonds is 22. The highest BCUT2D eigenvalue weighted by Gasteiger charge is 2.56. The fraction of sp³-hybridized carbons (Fsp3) is 0.255. The second-order valence-electron chi connectivity index (χ2n) is 29.9. The summed E-state index contributed by atoms with van der Waals surface area (Å²) in [5.41, 5.74) is 13.4. The van der Waals surface area contributed by atoms with Crippen molar-refractivity contribution in [1.82, 2.24) is 0 Å². The van der Waals surface area contributed by atoms with Gasteiger partial charge in [-0.2, -0.15) is 0 Å². The third kappa shape index (κ3) is 14.9. The van der Waals surface area contributed by atoms with E-state index in [0.717, 1.165) is 171 Å². The topological polar surface area (TPSA) is 36.9 Å². The van der Waals surface area contributed by atoms with Crippen molar-refractivity contribution in [3.8, 4) is 164 Å². The van der Waals surface area contributed by atoms with E-state index >= 15 is 0 Å². The summed E-state index contributed by atoms with van der Waals surface area (Å²) in [6.07, 6.45) is 35.2. The predicted molar refractivity (Wildman–Crippen MR) is 441 cm³/mol. The van der Waals surface area contributed by atoms with Crippen LogP contribution in [0.1, 0.15) is 146 Å². The lowest BCUT2D eigenvalue weighted by atomic mass is 9.43. The van der Waals surface area contributed by atoms with Crippen LogP contribution < -0.4 is 18.9 Å². The number of hydrogen-bond donors (Lipinski definition) is 0. The maximum atomic E-state index is 7.49. The minimum Gasteiger partial charge on any atom is -0.494 e. The fourth-order valence-corrected chi connectivity index (χ4v) is 18.2. The molecule has 0 N–H and O–H groups in total. The van der Waals surface area contributed by atoms with Gasteiger partial charge >= 0.3 is 0 Å². The first-order valence-corrected chi connectivity index (χ1v) is 37.9. The van der Waals surface area contributed by atoms with E-state index < -0.39 is 0 Å². The Morgan fingerprint density at radius 2 is 0.858 bits per heavy atom. The minimum atomic E-state index is -0.231. The van der Waals surface area contributed by atoms with Gasteiger partial charge in [0.1, 0.15) is 41.3 Å². The van der Waals surface area contributed by atoms with Crippen LogP contribution in [0.4, 0.5) is 0 Å². The van der Waals surface area contributed by atoms with Gasteiger partial charge in [-0.3, -0.25) is 0 Å². The molecule has 4 saturated carbocycles. The van der Waals surface area contributed by atoms with Crippen molar-refractivity contribution in [2.45, 2.75) is 142 Å². The van der Waals surface area contributed by atoms with Gasteiger partial charge < -0.3 is 18.9 Å². The predicted octanol–water partition coefficient (Wildman–Crippen LogP) is 24.8. The molecule has 12 aromatic carbocycles. The summed E-state index contributed by atoms with van der Waals surface area (Å²) in [6, 6.07) is 73.8. The Morgan fingerprint density at radius 3 is 1.44 bits per heavy atom. The van der Waals surface area contributed by atoms with Crippen molar-refractivity contribution in [2.24, 2.45) is 17.3 Å². The molecule has 0 heterocycles. The molecule has 0 aliphatic heterocycles. The molecule has 4 aliphatic rings. The van der Waals surface area contributed by atoms with Crippen molar-refractivity contribution in [3.05, 3.63) is 217 Å². The van der Waals surface area contributed by atoms with Gasteiger partial charge in [-0.05, 0) is 322 Å². The van der Waals surface area contributed by atoms with Gasteiger partial charge in [0.2, 0.25) is 0 Å². The van der Waals surface area contributed by atoms with Crippen LogP contribution in [0.15, 0.2) is 200 Å². The first-order chi connectivity index (χ1) is 52.1. The Labute approximate surface area is 626 Å². The molecule has 4 nitrogen and oxygen atoms in total. The zero-order valence-corrected chi connectivity index (χ0v) is 61.1. The number of terminal acetylenes is 2. The third-order valence-corrected chi connectivity index (χ3v) is 22.4. The molecule has 4 bridgehead atoms. The van der Waals surface area contributed by atoms with E-state index in [1.807, 2.05) is 12.1 Å². The summed E-state index contributed by atoms with van der Waals surface area (Å²) in [7, 11) is 0. The van der Waals surface area contributed by atoms with E-state index in [-0.39, 0.29) is 11.5 Å². The van der Waals surface area contributed by atoms with Crippen molar-refractivity contribution in [2.75, 3.05) is 6.61 Å². The molecule has 16 rings (SSSR count). The number of ether oxygens (including phenoxy) is 4. The SMILES string of the molecule is C#CC#CC#CC#COc1ccc2c(-c3ccc4cc(C(CCCCC)Oc5ccc6c(-c7ccc(C89CC%10CC(CC(C)(C%10)C8)C9)cc7)c7cc(OC#CC#CC#CC#C)ccc7c(-c7ccc(C)cc7)c6c5)ccc4c3)c3cc(OCCCCCCCC)ccc3c(-c3ccc4ccccc4c3)c2c1. The van der Waals surface area contributed by atoms with E-state index in [4.69, 9.17) is 31.8 Å². The van der Waals surface area contributed by atoms with Crippen LogP contribution in [0, 0.1) is 120 Å². The second kappa shape index (κ2) is 31.5. The van der Waals surface area contributed by atoms with Gasteiger partial charge in [0.05, 0.1) is 6.61 Å². The van der Waals surface area contributed by atoms with E-state index in [9.17, 15) is 0 Å². The van der Waals surface area contributed by atoms with Gasteiger partial charge in [-0.25, -0.2) is 0 Å². The average Bonchev–Trinajstić information content (AvgIpc) is 0.738. The molecule has 4 fully saturated rings. The lowest BCUT2D eigenvalue weighted by Crippen LogP contribution is -2.52. The molecule has 0 amide bonds. The van der Waals surface area contributed by atoms with Crippen LogP contribution in [-0.4, -0.2) is 6.61 Å². The van der Waals surface area contributed by atoms with Crippen LogP contribution in [0.2, 0.25) is 0 Å². The van der Waals surface area contributed by atoms with Crippen LogP contribution >= 0.6 is 0 Å². The molecule has 12 aromatic rings. The molecule has 0 saturated heterocycles.